The molecule has 2 N–H and O–H groups in total. The first-order chi connectivity index (χ1) is 11.8. The van der Waals surface area contributed by atoms with Crippen molar-refractivity contribution in [3.63, 3.8) is 0 Å². The molecule has 0 spiro atoms. The summed E-state index contributed by atoms with van der Waals surface area (Å²) in [5.74, 6) is -1.71. The maximum absolute atomic E-state index is 13.7. The Morgan fingerprint density at radius 3 is 2.73 bits per heavy atom. The zero-order chi connectivity index (χ0) is 18.0. The van der Waals surface area contributed by atoms with Crippen LogP contribution >= 0.6 is 12.4 Å². The molecule has 0 aliphatic carbocycles. The lowest BCUT2D eigenvalue weighted by atomic mass is 10.1. The fraction of sp³-hybridized carbons (Fsp3) is 0.375. The summed E-state index contributed by atoms with van der Waals surface area (Å²) in [7, 11) is 0. The van der Waals surface area contributed by atoms with Gasteiger partial charge in [0.15, 0.2) is 5.69 Å². The molecule has 1 atom stereocenters. The molecule has 3 rings (SSSR count). The minimum atomic E-state index is -4.62. The summed E-state index contributed by atoms with van der Waals surface area (Å²) >= 11 is 0. The summed E-state index contributed by atoms with van der Waals surface area (Å²) in [6.07, 6.45) is -1.09. The number of anilines is 1. The summed E-state index contributed by atoms with van der Waals surface area (Å²) in [5.41, 5.74) is -1.56. The van der Waals surface area contributed by atoms with E-state index in [4.69, 9.17) is 0 Å². The number of hydrogen-bond acceptors (Lipinski definition) is 3. The van der Waals surface area contributed by atoms with Crippen LogP contribution in [0.25, 0.3) is 0 Å². The Kier molecular flexibility index (Phi) is 6.25. The van der Waals surface area contributed by atoms with Crippen LogP contribution in [-0.4, -0.2) is 28.8 Å². The molecule has 2 aromatic rings. The summed E-state index contributed by atoms with van der Waals surface area (Å²) in [6.45, 7) is 1.66. The van der Waals surface area contributed by atoms with Crippen molar-refractivity contribution in [1.29, 1.82) is 0 Å². The second kappa shape index (κ2) is 8.05. The molecule has 1 fully saturated rings. The number of carbonyl (C=O) groups is 1. The normalized spacial score (nSPS) is 17.5. The Labute approximate surface area is 153 Å². The third-order valence-corrected chi connectivity index (χ3v) is 4.03. The third-order valence-electron chi connectivity index (χ3n) is 4.03. The quantitative estimate of drug-likeness (QED) is 0.784. The van der Waals surface area contributed by atoms with Gasteiger partial charge in [0.1, 0.15) is 5.82 Å². The van der Waals surface area contributed by atoms with Crippen LogP contribution in [0.3, 0.4) is 0 Å². The number of piperidine rings is 1. The Morgan fingerprint density at radius 1 is 1.31 bits per heavy atom. The number of nitrogens with one attached hydrogen (secondary N) is 2. The number of benzene rings is 1. The average Bonchev–Trinajstić information content (AvgIpc) is 3.07. The van der Waals surface area contributed by atoms with Crippen molar-refractivity contribution >= 4 is 24.0 Å². The van der Waals surface area contributed by atoms with Gasteiger partial charge in [-0.1, -0.05) is 0 Å². The van der Waals surface area contributed by atoms with E-state index in [0.29, 0.717) is 18.2 Å². The van der Waals surface area contributed by atoms with Crippen molar-refractivity contribution in [1.82, 2.24) is 15.1 Å². The molecule has 1 aliphatic rings. The maximum atomic E-state index is 13.7. The monoisotopic (exact) mass is 392 g/mol. The molecule has 1 saturated heterocycles. The Balaban J connectivity index is 0.00000243. The molecular weight excluding hydrogens is 376 g/mol. The van der Waals surface area contributed by atoms with Crippen LogP contribution in [0.5, 0.6) is 0 Å². The van der Waals surface area contributed by atoms with E-state index in [2.05, 4.69) is 15.7 Å². The molecule has 1 amide bonds. The summed E-state index contributed by atoms with van der Waals surface area (Å²) in [6, 6.07) is 3.42. The average molecular weight is 393 g/mol. The minimum Gasteiger partial charge on any atom is -0.318 e. The highest BCUT2D eigenvalue weighted by atomic mass is 35.5. The number of halogens is 5. The zero-order valence-electron chi connectivity index (χ0n) is 13.5. The SMILES string of the molecule is Cl.O=C(Nc1cc(C(F)(F)F)ccc1F)c1ccn(C2CCCNC2)n1. The zero-order valence-corrected chi connectivity index (χ0v) is 14.3. The molecule has 2 heterocycles. The van der Waals surface area contributed by atoms with E-state index >= 15 is 0 Å². The second-order valence-corrected chi connectivity index (χ2v) is 5.83. The van der Waals surface area contributed by atoms with Crippen molar-refractivity contribution < 1.29 is 22.4 Å². The van der Waals surface area contributed by atoms with E-state index in [0.717, 1.165) is 25.9 Å². The molecule has 26 heavy (non-hydrogen) atoms. The predicted octanol–water partition coefficient (Wildman–Crippen LogP) is 3.64. The van der Waals surface area contributed by atoms with Gasteiger partial charge in [-0.05, 0) is 43.7 Å². The van der Waals surface area contributed by atoms with Crippen LogP contribution in [0.4, 0.5) is 23.2 Å². The summed E-state index contributed by atoms with van der Waals surface area (Å²) in [5, 5.41) is 9.52. The van der Waals surface area contributed by atoms with Gasteiger partial charge in [0.25, 0.3) is 5.91 Å². The molecule has 1 aliphatic heterocycles. The van der Waals surface area contributed by atoms with Gasteiger partial charge in [-0.15, -0.1) is 12.4 Å². The van der Waals surface area contributed by atoms with Crippen molar-refractivity contribution in [2.75, 3.05) is 18.4 Å². The molecule has 1 aromatic heterocycles. The largest absolute Gasteiger partial charge is 0.416 e. The molecule has 0 radical (unpaired) electrons. The highest BCUT2D eigenvalue weighted by molar-refractivity contribution is 6.02. The van der Waals surface area contributed by atoms with Crippen LogP contribution in [-0.2, 0) is 6.18 Å². The fourth-order valence-corrected chi connectivity index (χ4v) is 2.71. The Morgan fingerprint density at radius 2 is 2.08 bits per heavy atom. The summed E-state index contributed by atoms with van der Waals surface area (Å²) < 4.78 is 53.5. The highest BCUT2D eigenvalue weighted by Crippen LogP contribution is 2.31. The van der Waals surface area contributed by atoms with Gasteiger partial charge in [-0.25, -0.2) is 4.39 Å². The number of nitrogens with zero attached hydrogens (tertiary/aromatic N) is 2. The number of aromatic nitrogens is 2. The topological polar surface area (TPSA) is 59.0 Å². The molecule has 142 valence electrons. The Hall–Kier alpha value is -2.13. The highest BCUT2D eigenvalue weighted by Gasteiger charge is 2.31. The molecule has 10 heteroatoms. The first-order valence-electron chi connectivity index (χ1n) is 7.78. The van der Waals surface area contributed by atoms with Crippen LogP contribution in [0.15, 0.2) is 30.5 Å². The smallest absolute Gasteiger partial charge is 0.318 e. The van der Waals surface area contributed by atoms with Gasteiger partial charge in [0, 0.05) is 12.7 Å². The van der Waals surface area contributed by atoms with Gasteiger partial charge in [-0.2, -0.15) is 18.3 Å². The van der Waals surface area contributed by atoms with Crippen molar-refractivity contribution in [2.24, 2.45) is 0 Å². The van der Waals surface area contributed by atoms with Crippen LogP contribution < -0.4 is 10.6 Å². The first-order valence-corrected chi connectivity index (χ1v) is 7.78. The van der Waals surface area contributed by atoms with E-state index in [1.165, 1.54) is 6.07 Å². The van der Waals surface area contributed by atoms with Crippen molar-refractivity contribution in [3.8, 4) is 0 Å². The van der Waals surface area contributed by atoms with Gasteiger partial charge >= 0.3 is 6.18 Å². The van der Waals surface area contributed by atoms with Gasteiger partial charge in [-0.3, -0.25) is 9.48 Å². The fourth-order valence-electron chi connectivity index (χ4n) is 2.71. The van der Waals surface area contributed by atoms with Gasteiger partial charge in [0.2, 0.25) is 0 Å². The number of alkyl halides is 3. The van der Waals surface area contributed by atoms with E-state index < -0.39 is 29.2 Å². The van der Waals surface area contributed by atoms with Crippen LogP contribution in [0, 0.1) is 5.82 Å². The van der Waals surface area contributed by atoms with Crippen molar-refractivity contribution in [2.45, 2.75) is 25.1 Å². The molecule has 0 saturated carbocycles. The molecule has 5 nitrogen and oxygen atoms in total. The molecule has 1 aromatic carbocycles. The number of carbonyl (C=O) groups excluding carboxylic acids is 1. The lowest BCUT2D eigenvalue weighted by molar-refractivity contribution is -0.137. The van der Waals surface area contributed by atoms with E-state index in [9.17, 15) is 22.4 Å². The van der Waals surface area contributed by atoms with E-state index in [1.807, 2.05) is 0 Å². The van der Waals surface area contributed by atoms with E-state index in [-0.39, 0.29) is 24.1 Å². The lowest BCUT2D eigenvalue weighted by Crippen LogP contribution is -2.32. The lowest BCUT2D eigenvalue weighted by Gasteiger charge is -2.22. The van der Waals surface area contributed by atoms with Gasteiger partial charge < -0.3 is 10.6 Å². The number of rotatable bonds is 3. The second-order valence-electron chi connectivity index (χ2n) is 5.83. The molecule has 1 unspecified atom stereocenters. The first kappa shape index (κ1) is 20.2. The van der Waals surface area contributed by atoms with Crippen LogP contribution in [0.2, 0.25) is 0 Å². The molecular formula is C16H17ClF4N4O. The summed E-state index contributed by atoms with van der Waals surface area (Å²) in [4.78, 5) is 12.2. The van der Waals surface area contributed by atoms with Gasteiger partial charge in [0.05, 0.1) is 17.3 Å². The minimum absolute atomic E-state index is 0. The van der Waals surface area contributed by atoms with E-state index in [1.54, 1.807) is 10.9 Å². The number of amides is 1. The third kappa shape index (κ3) is 4.53. The maximum Gasteiger partial charge on any atom is 0.416 e. The van der Waals surface area contributed by atoms with Crippen LogP contribution in [0.1, 0.15) is 34.9 Å². The number of hydrogen-bond donors (Lipinski definition) is 2. The Bertz CT molecular complexity index is 772. The molecule has 0 bridgehead atoms. The van der Waals surface area contributed by atoms with Crippen molar-refractivity contribution in [3.05, 3.63) is 47.5 Å². The predicted molar refractivity (Wildman–Crippen MR) is 90.0 cm³/mol. The standard InChI is InChI=1S/C16H16F4N4O.ClH/c17-12-4-3-10(16(18,19)20)8-14(12)22-15(25)13-5-7-24(23-13)11-2-1-6-21-9-11;/h3-5,7-8,11,21H,1-2,6,9H2,(H,22,25);1H.